The number of aromatic nitrogens is 2. The molecule has 2 aliphatic rings. The second-order valence-electron chi connectivity index (χ2n) is 19.2. The van der Waals surface area contributed by atoms with Crippen LogP contribution in [0.4, 0.5) is 0 Å². The number of esters is 1. The molecule has 0 aliphatic carbocycles. The van der Waals surface area contributed by atoms with Crippen LogP contribution in [0.1, 0.15) is 81.7 Å². The number of hydrogen-bond acceptors (Lipinski definition) is 10. The predicted molar refractivity (Wildman–Crippen MR) is 258 cm³/mol. The fourth-order valence-electron chi connectivity index (χ4n) is 9.49. The summed E-state index contributed by atoms with van der Waals surface area (Å²) in [5.74, 6) is -2.47. The first-order valence-electron chi connectivity index (χ1n) is 22.3. The van der Waals surface area contributed by atoms with E-state index in [1.165, 1.54) is 13.1 Å². The Morgan fingerprint density at radius 2 is 1.25 bits per heavy atom. The van der Waals surface area contributed by atoms with Gasteiger partial charge in [0.2, 0.25) is 5.60 Å². The minimum atomic E-state index is -3.89. The highest BCUT2D eigenvalue weighted by molar-refractivity contribution is 6.99. The molecule has 1 N–H and O–H groups in total. The molecule has 8 rings (SSSR count). The normalized spacial score (nSPS) is 20.0. The summed E-state index contributed by atoms with van der Waals surface area (Å²) in [6.07, 6.45) is -3.80. The van der Waals surface area contributed by atoms with Crippen LogP contribution in [-0.4, -0.2) is 68.3 Å². The lowest BCUT2D eigenvalue weighted by molar-refractivity contribution is -0.240. The number of benzene rings is 5. The molecule has 1 aromatic heterocycles. The van der Waals surface area contributed by atoms with Crippen LogP contribution in [0.3, 0.4) is 0 Å². The smallest absolute Gasteiger partial charge is 0.370 e. The first-order chi connectivity index (χ1) is 31.9. The molecule has 13 nitrogen and oxygen atoms in total. The van der Waals surface area contributed by atoms with Crippen LogP contribution in [-0.2, 0) is 44.9 Å². The van der Waals surface area contributed by atoms with E-state index in [9.17, 15) is 19.2 Å². The highest BCUT2D eigenvalue weighted by atomic mass is 28.4. The summed E-state index contributed by atoms with van der Waals surface area (Å²) in [4.78, 5) is 80.5. The number of carbonyl (C=O) groups excluding carboxylic acids is 3. The Morgan fingerprint density at radius 1 is 0.731 bits per heavy atom. The third kappa shape index (κ3) is 8.46. The number of ether oxygens (including phenoxy) is 2. The zero-order valence-electron chi connectivity index (χ0n) is 38.6. The minimum absolute atomic E-state index is 0.0888. The number of fused-ring (bicyclic) bond motifs is 1. The molecule has 0 spiro atoms. The van der Waals surface area contributed by atoms with Crippen molar-refractivity contribution < 1.29 is 37.5 Å². The van der Waals surface area contributed by atoms with Crippen molar-refractivity contribution in [1.82, 2.24) is 14.6 Å². The zero-order valence-corrected chi connectivity index (χ0v) is 41.0. The molecule has 1 saturated heterocycles. The standard InChI is InChI=1S/C52H55N3O10Si2/c1-35(56)61-43-44(64-67(50(5,6)7,39-27-16-10-17-28-39)40-29-18-11-19-30-40)52(62-46(43)54-33-32-42(57)53-48(54)60,47(59)63-55-34-36-22-20-21-31-41(36)45(55)58)51(65-66-49(2,3)4,37-23-12-8-13-24-37)38-25-14-9-15-26-38/h8-33,43-44,46H,34,66H2,1-7H3,(H,53,57,60). The average molecular weight is 938 g/mol. The van der Waals surface area contributed by atoms with Gasteiger partial charge in [0.05, 0.1) is 6.54 Å². The van der Waals surface area contributed by atoms with Gasteiger partial charge in [-0.25, -0.2) is 9.59 Å². The number of carbonyl (C=O) groups is 3. The number of hydrogen-bond donors (Lipinski definition) is 1. The molecule has 4 atom stereocenters. The largest absolute Gasteiger partial charge is 0.455 e. The summed E-state index contributed by atoms with van der Waals surface area (Å²) < 4.78 is 30.7. The van der Waals surface area contributed by atoms with E-state index in [1.54, 1.807) is 24.3 Å². The van der Waals surface area contributed by atoms with Crippen molar-refractivity contribution in [2.24, 2.45) is 0 Å². The van der Waals surface area contributed by atoms with Gasteiger partial charge in [-0.3, -0.25) is 23.9 Å². The van der Waals surface area contributed by atoms with Crippen molar-refractivity contribution >= 4 is 46.3 Å². The molecule has 0 saturated carbocycles. The SMILES string of the molecule is CC(=O)OC1C(n2ccc(=O)[nH]c2=O)OC(C(=O)ON2Cc3ccccc3C2=O)(C(O[SiH2]C(C)(C)C)(c2ccccc2)c2ccccc2)C1O[Si](c1ccccc1)(c1ccccc1)C(C)(C)C. The van der Waals surface area contributed by atoms with Gasteiger partial charge in [0.25, 0.3) is 19.8 Å². The molecule has 0 bridgehead atoms. The quantitative estimate of drug-likeness (QED) is 0.107. The Bertz CT molecular complexity index is 2790. The summed E-state index contributed by atoms with van der Waals surface area (Å²) in [5, 5.41) is 1.42. The molecule has 2 aliphatic heterocycles. The van der Waals surface area contributed by atoms with Crippen molar-refractivity contribution in [1.29, 1.82) is 0 Å². The number of nitrogens with zero attached hydrogens (tertiary/aromatic N) is 2. The van der Waals surface area contributed by atoms with Gasteiger partial charge in [-0.15, -0.1) is 0 Å². The molecule has 1 amide bonds. The molecule has 346 valence electrons. The topological polar surface area (TPSA) is 155 Å². The summed E-state index contributed by atoms with van der Waals surface area (Å²) in [7, 11) is -5.68. The maximum atomic E-state index is 16.7. The first kappa shape index (κ1) is 47.0. The van der Waals surface area contributed by atoms with E-state index in [4.69, 9.17) is 23.2 Å². The van der Waals surface area contributed by atoms with E-state index in [-0.39, 0.29) is 6.54 Å². The third-order valence-corrected chi connectivity index (χ3v) is 18.8. The number of aromatic amines is 1. The molecule has 6 aromatic rings. The fourth-order valence-corrected chi connectivity index (χ4v) is 15.4. The monoisotopic (exact) mass is 937 g/mol. The van der Waals surface area contributed by atoms with Crippen LogP contribution >= 0.6 is 0 Å². The molecule has 67 heavy (non-hydrogen) atoms. The number of H-pyrrole nitrogens is 1. The average Bonchev–Trinajstić information content (AvgIpc) is 3.79. The molecule has 1 fully saturated rings. The Labute approximate surface area is 392 Å². The number of amides is 1. The van der Waals surface area contributed by atoms with E-state index in [1.807, 2.05) is 142 Å². The van der Waals surface area contributed by atoms with Crippen LogP contribution in [0.15, 0.2) is 167 Å². The van der Waals surface area contributed by atoms with Crippen LogP contribution < -0.4 is 21.6 Å². The molecular formula is C52H55N3O10Si2. The maximum Gasteiger partial charge on any atom is 0.370 e. The summed E-state index contributed by atoms with van der Waals surface area (Å²) in [5.41, 5.74) is -4.40. The van der Waals surface area contributed by atoms with Crippen LogP contribution in [0.2, 0.25) is 10.1 Å². The lowest BCUT2D eigenvalue weighted by Gasteiger charge is -2.53. The summed E-state index contributed by atoms with van der Waals surface area (Å²) in [6.45, 7) is 13.4. The Balaban J connectivity index is 1.55. The summed E-state index contributed by atoms with van der Waals surface area (Å²) in [6, 6.07) is 45.7. The number of rotatable bonds is 13. The zero-order chi connectivity index (χ0) is 47.8. The molecule has 4 unspecified atom stereocenters. The molecule has 15 heteroatoms. The van der Waals surface area contributed by atoms with Crippen LogP contribution in [0.25, 0.3) is 0 Å². The van der Waals surface area contributed by atoms with Crippen molar-refractivity contribution in [3.05, 3.63) is 201 Å². The Morgan fingerprint density at radius 3 is 1.75 bits per heavy atom. The van der Waals surface area contributed by atoms with Gasteiger partial charge in [-0.05, 0) is 43.2 Å². The van der Waals surface area contributed by atoms with Gasteiger partial charge < -0.3 is 23.2 Å². The lowest BCUT2D eigenvalue weighted by Crippen LogP contribution is -2.74. The van der Waals surface area contributed by atoms with Crippen molar-refractivity contribution in [3.8, 4) is 0 Å². The second-order valence-corrected chi connectivity index (χ2v) is 26.1. The van der Waals surface area contributed by atoms with E-state index < -0.39 is 86.9 Å². The fraction of sp³-hybridized carbons (Fsp3) is 0.288. The highest BCUT2D eigenvalue weighted by Gasteiger charge is 2.77. The van der Waals surface area contributed by atoms with Gasteiger partial charge >= 0.3 is 17.6 Å². The maximum absolute atomic E-state index is 16.7. The predicted octanol–water partition coefficient (Wildman–Crippen LogP) is 6.06. The van der Waals surface area contributed by atoms with Crippen molar-refractivity contribution in [2.45, 2.75) is 94.7 Å². The van der Waals surface area contributed by atoms with Crippen molar-refractivity contribution in [2.75, 3.05) is 0 Å². The highest BCUT2D eigenvalue weighted by Crippen LogP contribution is 2.57. The lowest BCUT2D eigenvalue weighted by atomic mass is 9.69. The summed E-state index contributed by atoms with van der Waals surface area (Å²) >= 11 is 0. The Kier molecular flexibility index (Phi) is 12.8. The van der Waals surface area contributed by atoms with Gasteiger partial charge in [0.15, 0.2) is 22.1 Å². The molecule has 3 heterocycles. The molecule has 0 radical (unpaired) electrons. The van der Waals surface area contributed by atoms with E-state index in [2.05, 4.69) is 25.8 Å². The second kappa shape index (κ2) is 18.3. The van der Waals surface area contributed by atoms with E-state index in [0.717, 1.165) is 26.1 Å². The minimum Gasteiger partial charge on any atom is -0.455 e. The molecular weight excluding hydrogens is 883 g/mol. The van der Waals surface area contributed by atoms with Gasteiger partial charge in [0.1, 0.15) is 11.7 Å². The van der Waals surface area contributed by atoms with Crippen molar-refractivity contribution in [3.63, 3.8) is 0 Å². The third-order valence-electron chi connectivity index (χ3n) is 12.3. The Hall–Kier alpha value is -6.50. The van der Waals surface area contributed by atoms with E-state index >= 15 is 4.79 Å². The number of hydroxylamine groups is 2. The van der Waals surface area contributed by atoms with Crippen LogP contribution in [0.5, 0.6) is 0 Å². The van der Waals surface area contributed by atoms with Gasteiger partial charge in [-0.1, -0.05) is 181 Å². The first-order valence-corrected chi connectivity index (χ1v) is 25.4. The van der Waals surface area contributed by atoms with Crippen LogP contribution in [0, 0.1) is 0 Å². The van der Waals surface area contributed by atoms with E-state index in [0.29, 0.717) is 22.3 Å². The van der Waals surface area contributed by atoms with Gasteiger partial charge in [0, 0.05) is 24.8 Å². The number of nitrogens with one attached hydrogen (secondary N) is 1. The molecule has 5 aromatic carbocycles. The van der Waals surface area contributed by atoms with Gasteiger partial charge in [-0.2, -0.15) is 5.06 Å².